The van der Waals surface area contributed by atoms with Gasteiger partial charge in [0.15, 0.2) is 23.9 Å². The molecule has 0 amide bonds. The molecule has 1 aromatic rings. The second-order valence-corrected chi connectivity index (χ2v) is 12.9. The van der Waals surface area contributed by atoms with Crippen LogP contribution in [-0.2, 0) is 33.2 Å². The van der Waals surface area contributed by atoms with Gasteiger partial charge in [-0.1, -0.05) is 0 Å². The molecule has 0 aromatic heterocycles. The maximum absolute atomic E-state index is 11.2. The van der Waals surface area contributed by atoms with Gasteiger partial charge in [-0.25, -0.2) is 0 Å². The van der Waals surface area contributed by atoms with Crippen LogP contribution in [0.3, 0.4) is 0 Å². The zero-order valence-electron chi connectivity index (χ0n) is 27.6. The van der Waals surface area contributed by atoms with Crippen LogP contribution in [0.4, 0.5) is 0 Å². The highest BCUT2D eigenvalue weighted by molar-refractivity contribution is 5.68. The van der Waals surface area contributed by atoms with Crippen molar-refractivity contribution in [3.63, 3.8) is 0 Å². The van der Waals surface area contributed by atoms with Gasteiger partial charge >= 0.3 is 0 Å². The number of rotatable bonds is 10. The highest BCUT2D eigenvalue weighted by Gasteiger charge is 2.52. The first-order valence-corrected chi connectivity index (χ1v) is 16.5. The van der Waals surface area contributed by atoms with Crippen LogP contribution in [0.5, 0.6) is 5.75 Å². The van der Waals surface area contributed by atoms with E-state index in [0.717, 1.165) is 6.08 Å². The van der Waals surface area contributed by atoms with E-state index in [1.54, 1.807) is 0 Å². The summed E-state index contributed by atoms with van der Waals surface area (Å²) in [5, 5.41) is 134. The first kappa shape index (κ1) is 39.3. The molecule has 6 rings (SSSR count). The second kappa shape index (κ2) is 16.1. The number of phenols is 1. The van der Waals surface area contributed by atoms with Crippen molar-refractivity contribution in [3.05, 3.63) is 70.9 Å². The standard InChI is InChI=1S/C33H42O20/c34-8-18-21(39)24(42)27(45)31(50-18)48-16-6-13(38)5-15-14(16)7-17(29(47-15)11-1-3-12(37)4-2-11)49-33-30(26(44)23(41)20(10-36)52-33)53-32-28(46)25(43)22(40)19(9-35)51-32/h1-7,15,18-28,30-46H,8-10H2. The molecule has 3 fully saturated rings. The predicted molar refractivity (Wildman–Crippen MR) is 169 cm³/mol. The van der Waals surface area contributed by atoms with Crippen molar-refractivity contribution in [3.8, 4) is 5.75 Å². The number of hydrogen-bond acceptors (Lipinski definition) is 20. The largest absolute Gasteiger partial charge is 0.508 e. The first-order chi connectivity index (χ1) is 25.3. The van der Waals surface area contributed by atoms with E-state index < -0.39 is 118 Å². The number of allylic oxidation sites excluding steroid dienone is 2. The van der Waals surface area contributed by atoms with Crippen molar-refractivity contribution >= 4 is 5.76 Å². The zero-order chi connectivity index (χ0) is 38.3. The van der Waals surface area contributed by atoms with E-state index in [0.29, 0.717) is 0 Å². The summed E-state index contributed by atoms with van der Waals surface area (Å²) in [5.41, 5.74) is 0.382. The Morgan fingerprint density at radius 1 is 0.566 bits per heavy atom. The van der Waals surface area contributed by atoms with Crippen LogP contribution >= 0.6 is 0 Å². The number of aliphatic hydroxyl groups excluding tert-OH is 12. The lowest BCUT2D eigenvalue weighted by molar-refractivity contribution is -0.363. The molecule has 16 unspecified atom stereocenters. The van der Waals surface area contributed by atoms with Crippen LogP contribution in [-0.4, -0.2) is 184 Å². The van der Waals surface area contributed by atoms with Crippen molar-refractivity contribution in [2.75, 3.05) is 19.8 Å². The van der Waals surface area contributed by atoms with E-state index in [9.17, 15) is 66.4 Å². The Kier molecular flexibility index (Phi) is 12.0. The number of fused-ring (bicyclic) bond motifs is 1. The number of hydrogen-bond donors (Lipinski definition) is 13. The minimum Gasteiger partial charge on any atom is -0.508 e. The highest BCUT2D eigenvalue weighted by Crippen LogP contribution is 2.41. The molecular formula is C33H42O20. The van der Waals surface area contributed by atoms with Crippen molar-refractivity contribution in [2.45, 2.75) is 98.2 Å². The lowest BCUT2D eigenvalue weighted by Gasteiger charge is -2.46. The Hall–Kier alpha value is -3.42. The summed E-state index contributed by atoms with van der Waals surface area (Å²) >= 11 is 0. The topological polar surface area (TPSA) is 328 Å². The Morgan fingerprint density at radius 3 is 1.68 bits per heavy atom. The van der Waals surface area contributed by atoms with Crippen LogP contribution in [0.1, 0.15) is 5.56 Å². The maximum Gasteiger partial charge on any atom is 0.229 e. The van der Waals surface area contributed by atoms with Gasteiger partial charge in [-0.15, -0.1) is 0 Å². The molecule has 0 saturated carbocycles. The minimum absolute atomic E-state index is 0.0618. The Morgan fingerprint density at radius 2 is 1.09 bits per heavy atom. The molecule has 1 aliphatic carbocycles. The molecule has 20 heteroatoms. The summed E-state index contributed by atoms with van der Waals surface area (Å²) in [4.78, 5) is 0. The van der Waals surface area contributed by atoms with Crippen molar-refractivity contribution < 1.29 is 99.5 Å². The molecule has 1 aromatic carbocycles. The van der Waals surface area contributed by atoms with Crippen LogP contribution in [0.2, 0.25) is 0 Å². The van der Waals surface area contributed by atoms with Crippen molar-refractivity contribution in [1.29, 1.82) is 0 Å². The SMILES string of the molecule is OCC1OC(OC2=CC(O)=CC3OC(c4ccc(O)cc4)=C(OC4OC(CO)C(O)C(O)C4OC4OC(CO)C(O)C(O)C4O)C=C23)C(O)C(O)C1O. The fraction of sp³-hybridized carbons (Fsp3) is 0.576. The summed E-state index contributed by atoms with van der Waals surface area (Å²) in [6.07, 6.45) is -23.3. The number of aliphatic hydroxyl groups is 12. The molecule has 294 valence electrons. The van der Waals surface area contributed by atoms with E-state index in [-0.39, 0.29) is 39.9 Å². The number of benzene rings is 1. The number of phenolic OH excluding ortho intramolecular Hbond substituents is 1. The Labute approximate surface area is 300 Å². The summed E-state index contributed by atoms with van der Waals surface area (Å²) in [6, 6.07) is 5.54. The molecule has 16 atom stereocenters. The third-order valence-electron chi connectivity index (χ3n) is 9.38. The van der Waals surface area contributed by atoms with Crippen molar-refractivity contribution in [2.24, 2.45) is 0 Å². The minimum atomic E-state index is -1.94. The van der Waals surface area contributed by atoms with Crippen molar-refractivity contribution in [1.82, 2.24) is 0 Å². The molecule has 5 aliphatic rings. The zero-order valence-corrected chi connectivity index (χ0v) is 27.6. The van der Waals surface area contributed by atoms with E-state index >= 15 is 0 Å². The second-order valence-electron chi connectivity index (χ2n) is 12.9. The smallest absolute Gasteiger partial charge is 0.229 e. The normalized spacial score (nSPS) is 41.8. The van der Waals surface area contributed by atoms with Gasteiger partial charge in [0.1, 0.15) is 90.5 Å². The summed E-state index contributed by atoms with van der Waals surface area (Å²) in [6.45, 7) is -2.37. The summed E-state index contributed by atoms with van der Waals surface area (Å²) in [7, 11) is 0. The van der Waals surface area contributed by atoms with Crippen LogP contribution in [0.25, 0.3) is 5.76 Å². The maximum atomic E-state index is 11.2. The molecule has 53 heavy (non-hydrogen) atoms. The monoisotopic (exact) mass is 758 g/mol. The molecule has 20 nitrogen and oxygen atoms in total. The third-order valence-corrected chi connectivity index (χ3v) is 9.38. The fourth-order valence-corrected chi connectivity index (χ4v) is 6.35. The van der Waals surface area contributed by atoms with Gasteiger partial charge < -0.3 is 99.5 Å². The van der Waals surface area contributed by atoms with Crippen LogP contribution in [0.15, 0.2) is 65.3 Å². The number of aromatic hydroxyl groups is 1. The average molecular weight is 759 g/mol. The Balaban J connectivity index is 1.37. The van der Waals surface area contributed by atoms with E-state index in [1.807, 2.05) is 0 Å². The molecule has 0 bridgehead atoms. The lowest BCUT2D eigenvalue weighted by atomic mass is 9.96. The van der Waals surface area contributed by atoms with Crippen LogP contribution < -0.4 is 0 Å². The number of ether oxygens (including phenoxy) is 7. The molecule has 13 N–H and O–H groups in total. The van der Waals surface area contributed by atoms with E-state index in [4.69, 9.17) is 33.2 Å². The van der Waals surface area contributed by atoms with Crippen LogP contribution in [0, 0.1) is 0 Å². The van der Waals surface area contributed by atoms with Gasteiger partial charge in [-0.05, 0) is 30.3 Å². The highest BCUT2D eigenvalue weighted by atomic mass is 16.8. The molecule has 0 radical (unpaired) electrons. The predicted octanol–water partition coefficient (Wildman–Crippen LogP) is -4.82. The van der Waals surface area contributed by atoms with Gasteiger partial charge in [-0.3, -0.25) is 0 Å². The first-order valence-electron chi connectivity index (χ1n) is 16.5. The molecule has 4 heterocycles. The Bertz CT molecular complexity index is 1560. The quantitative estimate of drug-likeness (QED) is 0.106. The van der Waals surface area contributed by atoms with Gasteiger partial charge in [0.2, 0.25) is 12.6 Å². The molecular weight excluding hydrogens is 716 g/mol. The average Bonchev–Trinajstić information content (AvgIpc) is 3.14. The van der Waals surface area contributed by atoms with E-state index in [1.165, 1.54) is 36.4 Å². The fourth-order valence-electron chi connectivity index (χ4n) is 6.35. The third kappa shape index (κ3) is 7.76. The van der Waals surface area contributed by atoms with E-state index in [2.05, 4.69) is 0 Å². The van der Waals surface area contributed by atoms with Gasteiger partial charge in [0.05, 0.1) is 19.8 Å². The molecule has 4 aliphatic heterocycles. The van der Waals surface area contributed by atoms with Gasteiger partial charge in [0, 0.05) is 23.3 Å². The summed E-state index contributed by atoms with van der Waals surface area (Å²) < 4.78 is 40.7. The summed E-state index contributed by atoms with van der Waals surface area (Å²) in [5.74, 6) is -0.954. The molecule has 0 spiro atoms. The molecule has 3 saturated heterocycles. The van der Waals surface area contributed by atoms with Gasteiger partial charge in [0.25, 0.3) is 0 Å². The van der Waals surface area contributed by atoms with Gasteiger partial charge in [-0.2, -0.15) is 0 Å². The lowest BCUT2D eigenvalue weighted by Crippen LogP contribution is -2.64.